The van der Waals surface area contributed by atoms with E-state index in [4.69, 9.17) is 5.11 Å². The molecule has 0 atom stereocenters. The molecular weight excluding hydrogens is 314 g/mol. The summed E-state index contributed by atoms with van der Waals surface area (Å²) >= 11 is 1.29. The first-order valence-electron chi connectivity index (χ1n) is 6.26. The predicted octanol–water partition coefficient (Wildman–Crippen LogP) is 1.25. The lowest BCUT2D eigenvalue weighted by atomic mass is 9.90. The molecule has 21 heavy (non-hydrogen) atoms. The van der Waals surface area contributed by atoms with Crippen LogP contribution >= 0.6 is 11.3 Å². The van der Waals surface area contributed by atoms with Crippen molar-refractivity contribution >= 4 is 32.5 Å². The van der Waals surface area contributed by atoms with Crippen LogP contribution < -0.4 is 10.0 Å². The van der Waals surface area contributed by atoms with Crippen LogP contribution in [0, 0.1) is 0 Å². The molecular formula is C12H21N3O4S2. The average Bonchev–Trinajstić information content (AvgIpc) is 2.72. The van der Waals surface area contributed by atoms with Crippen LogP contribution in [0.3, 0.4) is 0 Å². The molecule has 0 saturated heterocycles. The van der Waals surface area contributed by atoms with E-state index in [1.54, 1.807) is 33.1 Å². The van der Waals surface area contributed by atoms with E-state index in [-0.39, 0.29) is 0 Å². The molecule has 3 N–H and O–H groups in total. The smallest absolute Gasteiger partial charge is 0.315 e. The van der Waals surface area contributed by atoms with Gasteiger partial charge in [-0.05, 0) is 27.7 Å². The summed E-state index contributed by atoms with van der Waals surface area (Å²) in [4.78, 5) is 15.4. The number of hydrogen-bond donors (Lipinski definition) is 3. The summed E-state index contributed by atoms with van der Waals surface area (Å²) in [6, 6.07) is 0. The Morgan fingerprint density at radius 2 is 1.95 bits per heavy atom. The van der Waals surface area contributed by atoms with Crippen molar-refractivity contribution in [3.63, 3.8) is 0 Å². The van der Waals surface area contributed by atoms with E-state index in [2.05, 4.69) is 15.0 Å². The summed E-state index contributed by atoms with van der Waals surface area (Å²) in [5, 5.41) is 14.4. The Kier molecular flexibility index (Phi) is 5.01. The topological polar surface area (TPSA) is 108 Å². The lowest BCUT2D eigenvalue weighted by molar-refractivity contribution is -0.142. The minimum absolute atomic E-state index is 0.334. The van der Waals surface area contributed by atoms with Crippen LogP contribution in [0.4, 0.5) is 5.13 Å². The second-order valence-corrected chi connectivity index (χ2v) is 8.69. The first kappa shape index (κ1) is 17.9. The normalized spacial score (nSPS) is 13.2. The lowest BCUT2D eigenvalue weighted by Crippen LogP contribution is -2.47. The third-order valence-electron chi connectivity index (χ3n) is 2.82. The zero-order valence-electron chi connectivity index (χ0n) is 12.7. The van der Waals surface area contributed by atoms with E-state index in [0.29, 0.717) is 17.4 Å². The van der Waals surface area contributed by atoms with Crippen molar-refractivity contribution in [2.45, 2.75) is 38.6 Å². The average molecular weight is 335 g/mol. The third-order valence-corrected chi connectivity index (χ3v) is 4.55. The summed E-state index contributed by atoms with van der Waals surface area (Å²) in [5.41, 5.74) is -1.27. The number of nitrogens with zero attached hydrogens (tertiary/aromatic N) is 1. The van der Waals surface area contributed by atoms with Crippen LogP contribution in [0.15, 0.2) is 5.38 Å². The summed E-state index contributed by atoms with van der Waals surface area (Å²) < 4.78 is 25.0. The van der Waals surface area contributed by atoms with Crippen molar-refractivity contribution in [1.29, 1.82) is 0 Å². The van der Waals surface area contributed by atoms with Gasteiger partial charge in [-0.15, -0.1) is 11.3 Å². The molecule has 0 fully saturated rings. The first-order valence-corrected chi connectivity index (χ1v) is 9.03. The fourth-order valence-electron chi connectivity index (χ4n) is 1.59. The Morgan fingerprint density at radius 1 is 1.38 bits per heavy atom. The van der Waals surface area contributed by atoms with Gasteiger partial charge < -0.3 is 10.4 Å². The second kappa shape index (κ2) is 5.90. The molecule has 9 heteroatoms. The van der Waals surface area contributed by atoms with E-state index in [0.717, 1.165) is 6.26 Å². The van der Waals surface area contributed by atoms with Crippen LogP contribution in [-0.2, 0) is 20.2 Å². The minimum Gasteiger partial charge on any atom is -0.481 e. The van der Waals surface area contributed by atoms with Crippen LogP contribution in [0.25, 0.3) is 0 Å². The highest BCUT2D eigenvalue weighted by Crippen LogP contribution is 2.27. The predicted molar refractivity (Wildman–Crippen MR) is 83.3 cm³/mol. The molecule has 7 nitrogen and oxygen atoms in total. The van der Waals surface area contributed by atoms with Crippen LogP contribution in [0.5, 0.6) is 0 Å². The fraction of sp³-hybridized carbons (Fsp3) is 0.667. The van der Waals surface area contributed by atoms with E-state index in [1.165, 1.54) is 11.3 Å². The van der Waals surface area contributed by atoms with E-state index >= 15 is 0 Å². The van der Waals surface area contributed by atoms with Crippen LogP contribution in [0.2, 0.25) is 0 Å². The van der Waals surface area contributed by atoms with Gasteiger partial charge in [0.05, 0.1) is 11.9 Å². The molecule has 0 aromatic carbocycles. The number of carboxylic acid groups (broad SMARTS) is 1. The number of aliphatic carboxylic acids is 1. The molecule has 0 saturated carbocycles. The first-order chi connectivity index (χ1) is 9.33. The number of carboxylic acids is 1. The minimum atomic E-state index is -3.30. The van der Waals surface area contributed by atoms with Gasteiger partial charge in [0.25, 0.3) is 0 Å². The van der Waals surface area contributed by atoms with Crippen molar-refractivity contribution in [1.82, 2.24) is 9.71 Å². The van der Waals surface area contributed by atoms with Gasteiger partial charge in [0.15, 0.2) is 5.13 Å². The highest BCUT2D eigenvalue weighted by atomic mass is 32.2. The molecule has 0 aliphatic carbocycles. The number of carbonyl (C=O) groups is 1. The number of rotatable bonds is 7. The van der Waals surface area contributed by atoms with Gasteiger partial charge in [-0.25, -0.2) is 18.1 Å². The molecule has 0 spiro atoms. The number of hydrogen-bond acceptors (Lipinski definition) is 6. The Bertz CT molecular complexity index is 620. The molecule has 0 aliphatic heterocycles. The standard InChI is InChI=1S/C12H21N3O4S2/c1-11(2,15-21(5,18)19)7-13-10-14-8(6-20-10)12(3,4)9(16)17/h6,15H,7H2,1-5H3,(H,13,14)(H,16,17). The molecule has 0 amide bonds. The van der Waals surface area contributed by atoms with Crippen molar-refractivity contribution in [3.8, 4) is 0 Å². The Hall–Kier alpha value is -1.19. The molecule has 1 aromatic rings. The Morgan fingerprint density at radius 3 is 2.43 bits per heavy atom. The number of sulfonamides is 1. The van der Waals surface area contributed by atoms with E-state index in [9.17, 15) is 13.2 Å². The van der Waals surface area contributed by atoms with Crippen LogP contribution in [-0.4, -0.2) is 42.8 Å². The number of nitrogens with one attached hydrogen (secondary N) is 2. The highest BCUT2D eigenvalue weighted by Gasteiger charge is 2.32. The van der Waals surface area contributed by atoms with Gasteiger partial charge >= 0.3 is 5.97 Å². The monoisotopic (exact) mass is 335 g/mol. The molecule has 1 heterocycles. The van der Waals surface area contributed by atoms with Gasteiger partial charge in [-0.1, -0.05) is 0 Å². The van der Waals surface area contributed by atoms with Crippen molar-refractivity contribution in [3.05, 3.63) is 11.1 Å². The van der Waals surface area contributed by atoms with E-state index in [1.807, 2.05) is 0 Å². The Balaban J connectivity index is 2.74. The molecule has 0 aliphatic rings. The summed E-state index contributed by atoms with van der Waals surface area (Å²) in [7, 11) is -3.30. The van der Waals surface area contributed by atoms with Gasteiger partial charge in [-0.3, -0.25) is 4.79 Å². The number of anilines is 1. The molecule has 0 radical (unpaired) electrons. The number of thiazole rings is 1. The van der Waals surface area contributed by atoms with Gasteiger partial charge in [0, 0.05) is 17.5 Å². The summed E-state index contributed by atoms with van der Waals surface area (Å²) in [6.07, 6.45) is 1.10. The molecule has 0 unspecified atom stereocenters. The van der Waals surface area contributed by atoms with E-state index < -0.39 is 26.9 Å². The zero-order chi connectivity index (χ0) is 16.5. The maximum absolute atomic E-state index is 11.3. The van der Waals surface area contributed by atoms with Crippen molar-refractivity contribution in [2.24, 2.45) is 0 Å². The molecule has 120 valence electrons. The zero-order valence-corrected chi connectivity index (χ0v) is 14.4. The maximum atomic E-state index is 11.3. The summed E-state index contributed by atoms with van der Waals surface area (Å²) in [6.45, 7) is 7.00. The van der Waals surface area contributed by atoms with Gasteiger partial charge in [0.2, 0.25) is 10.0 Å². The van der Waals surface area contributed by atoms with Gasteiger partial charge in [0.1, 0.15) is 5.41 Å². The largest absolute Gasteiger partial charge is 0.481 e. The summed E-state index contributed by atoms with van der Waals surface area (Å²) in [5.74, 6) is -0.946. The Labute approximate surface area is 128 Å². The molecule has 1 rings (SSSR count). The second-order valence-electron chi connectivity index (χ2n) is 6.08. The fourth-order valence-corrected chi connectivity index (χ4v) is 3.54. The SMILES string of the molecule is CC(C)(CNc1nc(C(C)(C)C(=O)O)cs1)NS(C)(=O)=O. The molecule has 0 bridgehead atoms. The highest BCUT2D eigenvalue weighted by molar-refractivity contribution is 7.88. The lowest BCUT2D eigenvalue weighted by Gasteiger charge is -2.25. The van der Waals surface area contributed by atoms with Crippen molar-refractivity contribution in [2.75, 3.05) is 18.1 Å². The van der Waals surface area contributed by atoms with Gasteiger partial charge in [-0.2, -0.15) is 0 Å². The quantitative estimate of drug-likeness (QED) is 0.692. The third kappa shape index (κ3) is 5.25. The molecule has 1 aromatic heterocycles. The number of aromatic nitrogens is 1. The van der Waals surface area contributed by atoms with Crippen LogP contribution in [0.1, 0.15) is 33.4 Å². The maximum Gasteiger partial charge on any atom is 0.315 e. The van der Waals surface area contributed by atoms with Crippen molar-refractivity contribution < 1.29 is 18.3 Å².